The summed E-state index contributed by atoms with van der Waals surface area (Å²) in [7, 11) is -16.1. The van der Waals surface area contributed by atoms with Crippen molar-refractivity contribution in [3.05, 3.63) is 22.7 Å². The molecule has 7 N–H and O–H groups in total. The number of anilines is 1. The number of nitrogens with zero attached hydrogens (tertiary/aromatic N) is 2. The molecule has 2 heterocycles. The van der Waals surface area contributed by atoms with Crippen LogP contribution < -0.4 is 11.4 Å². The molecule has 0 aromatic carbocycles. The van der Waals surface area contributed by atoms with Crippen LogP contribution in [0.4, 0.5) is 5.82 Å². The quantitative estimate of drug-likeness (QED) is 0.246. The number of phosphoric acid groups is 2. The summed E-state index contributed by atoms with van der Waals surface area (Å²) in [6.45, 7) is 0. The van der Waals surface area contributed by atoms with Gasteiger partial charge in [-0.2, -0.15) is 9.29 Å². The fourth-order valence-electron chi connectivity index (χ4n) is 2.10. The number of aromatic nitrogens is 2. The smallest absolute Gasteiger partial charge is 0.388 e. The van der Waals surface area contributed by atoms with Gasteiger partial charge in [0.15, 0.2) is 18.9 Å². The third-order valence-electron chi connectivity index (χ3n) is 3.04. The van der Waals surface area contributed by atoms with Crippen molar-refractivity contribution in [3.63, 3.8) is 0 Å². The second-order valence-electron chi connectivity index (χ2n) is 5.36. The van der Waals surface area contributed by atoms with Crippen LogP contribution in [0.3, 0.4) is 0 Å². The summed E-state index contributed by atoms with van der Waals surface area (Å²) in [6, 6.07) is 1.27. The average Bonchev–Trinajstić information content (AvgIpc) is 2.82. The summed E-state index contributed by atoms with van der Waals surface area (Å²) in [5, 5.41) is 9.97. The van der Waals surface area contributed by atoms with Crippen molar-refractivity contribution in [2.75, 3.05) is 12.1 Å². The van der Waals surface area contributed by atoms with Gasteiger partial charge in [0.25, 0.3) is 0 Å². The Labute approximate surface area is 155 Å². The van der Waals surface area contributed by atoms with Crippen LogP contribution in [-0.2, 0) is 31.8 Å². The highest BCUT2D eigenvalue weighted by molar-refractivity contribution is 7.68. The molecule has 1 fully saturated rings. The molecule has 19 heteroatoms. The molecule has 28 heavy (non-hydrogen) atoms. The molecule has 1 aliphatic heterocycles. The highest BCUT2D eigenvalue weighted by Crippen LogP contribution is 2.66. The molecule has 1 saturated heterocycles. The lowest BCUT2D eigenvalue weighted by atomic mass is 10.2. The monoisotopic (exact) mass is 467 g/mol. The van der Waals surface area contributed by atoms with Crippen molar-refractivity contribution < 1.29 is 56.5 Å². The molecule has 0 amide bonds. The SMILES string of the molecule is Nc1ccn([C@@H]2O[C@H](OCP(=O)(O)OP(=O)(O)OP(=O)(O)O)C[C@@H]2O)c(=O)n1. The minimum Gasteiger partial charge on any atom is -0.388 e. The van der Waals surface area contributed by atoms with Crippen LogP contribution in [0.15, 0.2) is 17.1 Å². The molecule has 1 aromatic rings. The van der Waals surface area contributed by atoms with Crippen molar-refractivity contribution in [2.45, 2.75) is 25.0 Å². The third-order valence-corrected chi connectivity index (χ3v) is 7.04. The first kappa shape index (κ1) is 23.3. The van der Waals surface area contributed by atoms with Crippen LogP contribution >= 0.6 is 23.2 Å². The topological polar surface area (TPSA) is 250 Å². The first-order valence-corrected chi connectivity index (χ1v) is 11.9. The largest absolute Gasteiger partial charge is 0.488 e. The van der Waals surface area contributed by atoms with Crippen molar-refractivity contribution in [3.8, 4) is 0 Å². The summed E-state index contributed by atoms with van der Waals surface area (Å²) in [5.41, 5.74) is 4.51. The highest BCUT2D eigenvalue weighted by atomic mass is 31.3. The Morgan fingerprint density at radius 2 is 1.89 bits per heavy atom. The molecule has 0 bridgehead atoms. The van der Waals surface area contributed by atoms with Gasteiger partial charge in [0.2, 0.25) is 0 Å². The van der Waals surface area contributed by atoms with Crippen LogP contribution in [0.5, 0.6) is 0 Å². The minimum absolute atomic E-state index is 0.0640. The number of nitrogen functional groups attached to an aromatic ring is 1. The number of hydrogen-bond acceptors (Lipinski definition) is 11. The van der Waals surface area contributed by atoms with E-state index in [-0.39, 0.29) is 12.2 Å². The van der Waals surface area contributed by atoms with Gasteiger partial charge in [-0.15, -0.1) is 0 Å². The van der Waals surface area contributed by atoms with Crippen LogP contribution in [-0.4, -0.2) is 53.0 Å². The molecule has 0 radical (unpaired) electrons. The first-order valence-electron chi connectivity index (χ1n) is 7.10. The van der Waals surface area contributed by atoms with Gasteiger partial charge in [0, 0.05) is 12.6 Å². The van der Waals surface area contributed by atoms with Crippen LogP contribution in [0.25, 0.3) is 0 Å². The molecular formula is C9H16N3O13P3. The van der Waals surface area contributed by atoms with E-state index in [4.69, 9.17) is 29.9 Å². The fourth-order valence-corrected chi connectivity index (χ4v) is 5.40. The van der Waals surface area contributed by atoms with Gasteiger partial charge in [-0.1, -0.05) is 0 Å². The van der Waals surface area contributed by atoms with Crippen molar-refractivity contribution in [2.24, 2.45) is 0 Å². The van der Waals surface area contributed by atoms with Crippen molar-refractivity contribution in [1.29, 1.82) is 0 Å². The summed E-state index contributed by atoms with van der Waals surface area (Å²) in [4.78, 5) is 50.6. The molecule has 0 aliphatic carbocycles. The lowest BCUT2D eigenvalue weighted by Gasteiger charge is -2.19. The van der Waals surface area contributed by atoms with Crippen LogP contribution in [0.2, 0.25) is 0 Å². The Morgan fingerprint density at radius 1 is 1.25 bits per heavy atom. The van der Waals surface area contributed by atoms with Gasteiger partial charge in [-0.05, 0) is 6.07 Å². The maximum Gasteiger partial charge on any atom is 0.488 e. The Kier molecular flexibility index (Phi) is 6.99. The standard InChI is InChI=1S/C9H16N3O13P3/c10-6-1-2-12(9(14)11-6)8-5(13)3-7(23-8)22-4-26(15,16)24-28(20,21)25-27(17,18)19/h1-2,5,7-8,13H,3-4H2,(H,15,16)(H,20,21)(H2,10,11,14)(H2,17,18,19)/t5-,7-,8+/m0/s1. The predicted octanol–water partition coefficient (Wildman–Crippen LogP) is -1.18. The summed E-state index contributed by atoms with van der Waals surface area (Å²) >= 11 is 0. The second kappa shape index (κ2) is 8.40. The maximum absolute atomic E-state index is 11.8. The zero-order chi connectivity index (χ0) is 21.3. The number of nitrogens with two attached hydrogens (primary N) is 1. The Morgan fingerprint density at radius 3 is 2.46 bits per heavy atom. The number of aliphatic hydroxyl groups is 1. The first-order chi connectivity index (χ1) is 12.7. The summed E-state index contributed by atoms with van der Waals surface area (Å²) < 4.78 is 51.8. The highest BCUT2D eigenvalue weighted by Gasteiger charge is 2.42. The molecule has 0 spiro atoms. The molecule has 160 valence electrons. The van der Waals surface area contributed by atoms with Crippen LogP contribution in [0, 0.1) is 0 Å². The van der Waals surface area contributed by atoms with E-state index in [1.54, 1.807) is 0 Å². The van der Waals surface area contributed by atoms with E-state index in [0.29, 0.717) is 0 Å². The van der Waals surface area contributed by atoms with E-state index < -0.39 is 53.9 Å². The Balaban J connectivity index is 1.97. The van der Waals surface area contributed by atoms with E-state index in [0.717, 1.165) is 4.57 Å². The molecule has 2 unspecified atom stereocenters. The molecule has 16 nitrogen and oxygen atoms in total. The fraction of sp³-hybridized carbons (Fsp3) is 0.556. The number of hydrogen-bond donors (Lipinski definition) is 6. The van der Waals surface area contributed by atoms with Gasteiger partial charge in [0.05, 0.1) is 0 Å². The van der Waals surface area contributed by atoms with E-state index in [2.05, 4.69) is 13.6 Å². The summed E-state index contributed by atoms with van der Waals surface area (Å²) in [6.07, 6.45) is -4.21. The van der Waals surface area contributed by atoms with E-state index in [9.17, 15) is 28.5 Å². The van der Waals surface area contributed by atoms with E-state index in [1.165, 1.54) is 12.3 Å². The normalized spacial score (nSPS) is 27.2. The van der Waals surface area contributed by atoms with Crippen molar-refractivity contribution >= 4 is 29.1 Å². The van der Waals surface area contributed by atoms with Crippen molar-refractivity contribution in [1.82, 2.24) is 9.55 Å². The third kappa shape index (κ3) is 6.81. The Bertz CT molecular complexity index is 914. The van der Waals surface area contributed by atoms with E-state index in [1.807, 2.05) is 0 Å². The Hall–Kier alpha value is -0.990. The zero-order valence-electron chi connectivity index (χ0n) is 13.6. The predicted molar refractivity (Wildman–Crippen MR) is 87.3 cm³/mol. The number of ether oxygens (including phenoxy) is 2. The lowest BCUT2D eigenvalue weighted by molar-refractivity contribution is -0.147. The zero-order valence-corrected chi connectivity index (χ0v) is 16.3. The average molecular weight is 467 g/mol. The lowest BCUT2D eigenvalue weighted by Crippen LogP contribution is -2.31. The van der Waals surface area contributed by atoms with E-state index >= 15 is 0 Å². The molecule has 1 aromatic heterocycles. The molecule has 0 saturated carbocycles. The van der Waals surface area contributed by atoms with Gasteiger partial charge >= 0.3 is 28.9 Å². The van der Waals surface area contributed by atoms with Gasteiger partial charge in [-0.25, -0.2) is 18.2 Å². The minimum atomic E-state index is -5.59. The van der Waals surface area contributed by atoms with Crippen LogP contribution in [0.1, 0.15) is 12.6 Å². The maximum atomic E-state index is 11.8. The molecule has 2 rings (SSSR count). The van der Waals surface area contributed by atoms with Gasteiger partial charge in [-0.3, -0.25) is 9.13 Å². The molecular weight excluding hydrogens is 451 g/mol. The molecule has 1 aliphatic rings. The second-order valence-corrected chi connectivity index (χ2v) is 10.1. The van der Waals surface area contributed by atoms with Gasteiger partial charge < -0.3 is 39.9 Å². The van der Waals surface area contributed by atoms with Gasteiger partial charge in [0.1, 0.15) is 11.9 Å². The number of aliphatic hydroxyl groups excluding tert-OH is 1. The number of rotatable bonds is 8. The summed E-state index contributed by atoms with van der Waals surface area (Å²) in [5.74, 6) is -0.0640. The molecule has 5 atom stereocenters.